The summed E-state index contributed by atoms with van der Waals surface area (Å²) >= 11 is 0. The zero-order valence-electron chi connectivity index (χ0n) is 9.87. The van der Waals surface area contributed by atoms with Crippen molar-refractivity contribution in [3.63, 3.8) is 0 Å². The third-order valence-electron chi connectivity index (χ3n) is 2.71. The summed E-state index contributed by atoms with van der Waals surface area (Å²) in [6, 6.07) is 4.18. The number of nitrogens with one attached hydrogen (secondary N) is 1. The van der Waals surface area contributed by atoms with E-state index in [1.165, 1.54) is 5.69 Å². The van der Waals surface area contributed by atoms with E-state index in [4.69, 9.17) is 5.73 Å². The van der Waals surface area contributed by atoms with Crippen molar-refractivity contribution in [1.82, 2.24) is 9.88 Å². The lowest BCUT2D eigenvalue weighted by atomic mass is 10.1. The molecular formula is C12H23N3. The van der Waals surface area contributed by atoms with Crippen LogP contribution < -0.4 is 5.73 Å². The summed E-state index contributed by atoms with van der Waals surface area (Å²) in [6.07, 6.45) is 4.19. The Kier molecular flexibility index (Phi) is 5.43. The van der Waals surface area contributed by atoms with Gasteiger partial charge in [-0.2, -0.15) is 0 Å². The maximum atomic E-state index is 5.53. The van der Waals surface area contributed by atoms with E-state index in [9.17, 15) is 0 Å². The van der Waals surface area contributed by atoms with Crippen molar-refractivity contribution in [3.05, 3.63) is 24.0 Å². The van der Waals surface area contributed by atoms with Crippen LogP contribution in [0.1, 0.15) is 19.0 Å². The van der Waals surface area contributed by atoms with Gasteiger partial charge in [-0.15, -0.1) is 0 Å². The molecule has 15 heavy (non-hydrogen) atoms. The van der Waals surface area contributed by atoms with Crippen LogP contribution in [-0.4, -0.2) is 36.6 Å². The van der Waals surface area contributed by atoms with Crippen molar-refractivity contribution < 1.29 is 0 Å². The molecule has 3 N–H and O–H groups in total. The van der Waals surface area contributed by atoms with Gasteiger partial charge in [0.2, 0.25) is 0 Å². The topological polar surface area (TPSA) is 45.0 Å². The van der Waals surface area contributed by atoms with Crippen LogP contribution in [0.25, 0.3) is 0 Å². The van der Waals surface area contributed by atoms with Crippen molar-refractivity contribution in [2.75, 3.05) is 26.7 Å². The molecule has 0 fully saturated rings. The molecule has 0 saturated heterocycles. The van der Waals surface area contributed by atoms with Crippen molar-refractivity contribution >= 4 is 0 Å². The molecule has 0 bridgehead atoms. The molecule has 0 aliphatic heterocycles. The lowest BCUT2D eigenvalue weighted by Gasteiger charge is -2.20. The summed E-state index contributed by atoms with van der Waals surface area (Å²) in [4.78, 5) is 5.60. The third kappa shape index (κ3) is 5.00. The van der Waals surface area contributed by atoms with Gasteiger partial charge in [0.25, 0.3) is 0 Å². The molecule has 1 atom stereocenters. The van der Waals surface area contributed by atoms with Crippen LogP contribution in [0.2, 0.25) is 0 Å². The van der Waals surface area contributed by atoms with Crippen LogP contribution in [0.4, 0.5) is 0 Å². The van der Waals surface area contributed by atoms with E-state index in [0.29, 0.717) is 5.92 Å². The highest BCUT2D eigenvalue weighted by molar-refractivity contribution is 5.03. The molecule has 1 rings (SSSR count). The van der Waals surface area contributed by atoms with Gasteiger partial charge in [-0.3, -0.25) is 0 Å². The first-order valence-corrected chi connectivity index (χ1v) is 5.73. The lowest BCUT2D eigenvalue weighted by molar-refractivity contribution is 0.282. The normalized spacial score (nSPS) is 13.3. The zero-order valence-corrected chi connectivity index (χ0v) is 9.87. The largest absolute Gasteiger partial charge is 0.365 e. The Balaban J connectivity index is 2.15. The Morgan fingerprint density at radius 2 is 2.33 bits per heavy atom. The van der Waals surface area contributed by atoms with E-state index in [1.807, 2.05) is 12.3 Å². The van der Waals surface area contributed by atoms with Gasteiger partial charge in [-0.05, 0) is 38.1 Å². The molecule has 1 aromatic heterocycles. The highest BCUT2D eigenvalue weighted by atomic mass is 15.1. The van der Waals surface area contributed by atoms with Gasteiger partial charge >= 0.3 is 0 Å². The summed E-state index contributed by atoms with van der Waals surface area (Å²) in [5, 5.41) is 0. The fraction of sp³-hybridized carbons (Fsp3) is 0.667. The monoisotopic (exact) mass is 209 g/mol. The second kappa shape index (κ2) is 6.64. The maximum Gasteiger partial charge on any atom is 0.0159 e. The average molecular weight is 209 g/mol. The Bertz CT molecular complexity index is 243. The van der Waals surface area contributed by atoms with E-state index in [-0.39, 0.29) is 0 Å². The molecule has 0 radical (unpaired) electrons. The Morgan fingerprint density at radius 3 is 2.93 bits per heavy atom. The molecule has 0 aliphatic carbocycles. The molecule has 3 nitrogen and oxygen atoms in total. The number of hydrogen-bond acceptors (Lipinski definition) is 2. The fourth-order valence-corrected chi connectivity index (χ4v) is 1.83. The highest BCUT2D eigenvalue weighted by Gasteiger charge is 2.05. The van der Waals surface area contributed by atoms with Crippen LogP contribution in [0, 0.1) is 5.92 Å². The predicted octanol–water partition coefficient (Wildman–Crippen LogP) is 1.47. The molecule has 1 unspecified atom stereocenters. The van der Waals surface area contributed by atoms with Crippen LogP contribution in [-0.2, 0) is 6.42 Å². The van der Waals surface area contributed by atoms with E-state index >= 15 is 0 Å². The first-order valence-electron chi connectivity index (χ1n) is 5.73. The van der Waals surface area contributed by atoms with E-state index < -0.39 is 0 Å². The standard InChI is InChI=1S/C12H23N3/c1-11(5-7-13)10-15(2)9-6-12-4-3-8-14-12/h3-4,8,11,14H,5-7,9-10,13H2,1-2H3. The van der Waals surface area contributed by atoms with Gasteiger partial charge in [-0.25, -0.2) is 0 Å². The SMILES string of the molecule is CC(CCN)CN(C)CCc1ccc[nH]1. The third-order valence-corrected chi connectivity index (χ3v) is 2.71. The number of aromatic nitrogens is 1. The Hall–Kier alpha value is -0.800. The second-order valence-electron chi connectivity index (χ2n) is 4.39. The molecule has 86 valence electrons. The number of rotatable bonds is 7. The van der Waals surface area contributed by atoms with Crippen LogP contribution in [0.15, 0.2) is 18.3 Å². The Labute approximate surface area is 92.7 Å². The quantitative estimate of drug-likeness (QED) is 0.714. The van der Waals surface area contributed by atoms with Crippen molar-refractivity contribution in [3.8, 4) is 0 Å². The maximum absolute atomic E-state index is 5.53. The van der Waals surface area contributed by atoms with Gasteiger partial charge in [0.05, 0.1) is 0 Å². The van der Waals surface area contributed by atoms with E-state index in [1.54, 1.807) is 0 Å². The average Bonchev–Trinajstić information content (AvgIpc) is 2.67. The number of hydrogen-bond donors (Lipinski definition) is 2. The molecule has 0 aromatic carbocycles. The van der Waals surface area contributed by atoms with Crippen LogP contribution >= 0.6 is 0 Å². The van der Waals surface area contributed by atoms with Gasteiger partial charge in [0.15, 0.2) is 0 Å². The first kappa shape index (κ1) is 12.3. The van der Waals surface area contributed by atoms with Crippen molar-refractivity contribution in [1.29, 1.82) is 0 Å². The van der Waals surface area contributed by atoms with Crippen LogP contribution in [0.3, 0.4) is 0 Å². The smallest absolute Gasteiger partial charge is 0.0159 e. The van der Waals surface area contributed by atoms with Crippen molar-refractivity contribution in [2.45, 2.75) is 19.8 Å². The van der Waals surface area contributed by atoms with Gasteiger partial charge in [0.1, 0.15) is 0 Å². The van der Waals surface area contributed by atoms with Gasteiger partial charge < -0.3 is 15.6 Å². The molecular weight excluding hydrogens is 186 g/mol. The second-order valence-corrected chi connectivity index (χ2v) is 4.39. The summed E-state index contributed by atoms with van der Waals surface area (Å²) in [7, 11) is 2.18. The molecule has 0 amide bonds. The molecule has 3 heteroatoms. The number of nitrogens with zero attached hydrogens (tertiary/aromatic N) is 1. The highest BCUT2D eigenvalue weighted by Crippen LogP contribution is 2.03. The van der Waals surface area contributed by atoms with E-state index in [0.717, 1.165) is 32.5 Å². The summed E-state index contributed by atoms with van der Waals surface area (Å²) < 4.78 is 0. The summed E-state index contributed by atoms with van der Waals surface area (Å²) in [5.74, 6) is 0.698. The van der Waals surface area contributed by atoms with Gasteiger partial charge in [0, 0.05) is 31.4 Å². The molecule has 0 spiro atoms. The molecule has 1 heterocycles. The summed E-state index contributed by atoms with van der Waals surface area (Å²) in [5.41, 5.74) is 6.85. The molecule has 0 saturated carbocycles. The van der Waals surface area contributed by atoms with Crippen LogP contribution in [0.5, 0.6) is 0 Å². The van der Waals surface area contributed by atoms with E-state index in [2.05, 4.69) is 29.9 Å². The number of nitrogens with two attached hydrogens (primary N) is 1. The predicted molar refractivity (Wildman–Crippen MR) is 64.8 cm³/mol. The minimum atomic E-state index is 0.698. The van der Waals surface area contributed by atoms with Crippen molar-refractivity contribution in [2.24, 2.45) is 11.7 Å². The molecule has 1 aromatic rings. The first-order chi connectivity index (χ1) is 7.22. The summed E-state index contributed by atoms with van der Waals surface area (Å²) in [6.45, 7) is 5.30. The minimum absolute atomic E-state index is 0.698. The Morgan fingerprint density at radius 1 is 1.53 bits per heavy atom. The number of likely N-dealkylation sites (N-methyl/N-ethyl adjacent to an activating group) is 1. The fourth-order valence-electron chi connectivity index (χ4n) is 1.83. The van der Waals surface area contributed by atoms with Gasteiger partial charge in [-0.1, -0.05) is 6.92 Å². The minimum Gasteiger partial charge on any atom is -0.365 e. The number of H-pyrrole nitrogens is 1. The zero-order chi connectivity index (χ0) is 11.1. The molecule has 0 aliphatic rings. The number of aromatic amines is 1. The lowest BCUT2D eigenvalue weighted by Crippen LogP contribution is -2.27.